The summed E-state index contributed by atoms with van der Waals surface area (Å²) in [5.74, 6) is 0.917. The summed E-state index contributed by atoms with van der Waals surface area (Å²) in [6.07, 6.45) is 6.52. The predicted octanol–water partition coefficient (Wildman–Crippen LogP) is 1.49. The number of ether oxygens (including phenoxy) is 2. The summed E-state index contributed by atoms with van der Waals surface area (Å²) in [5.41, 5.74) is 6.09. The summed E-state index contributed by atoms with van der Waals surface area (Å²) in [6.45, 7) is 4.50. The van der Waals surface area contributed by atoms with Gasteiger partial charge in [0, 0.05) is 52.1 Å². The second kappa shape index (κ2) is 5.82. The number of hydrogen-bond donors (Lipinski definition) is 1. The van der Waals surface area contributed by atoms with E-state index in [2.05, 4.69) is 16.5 Å². The normalized spacial score (nSPS) is 20.8. The molecule has 0 radical (unpaired) electrons. The monoisotopic (exact) mass is 253 g/mol. The quantitative estimate of drug-likeness (QED) is 0.863. The van der Waals surface area contributed by atoms with Gasteiger partial charge in [0.2, 0.25) is 0 Å². The lowest BCUT2D eigenvalue weighted by molar-refractivity contribution is -0.106. The van der Waals surface area contributed by atoms with Gasteiger partial charge in [-0.1, -0.05) is 6.92 Å². The van der Waals surface area contributed by atoms with Crippen molar-refractivity contribution < 1.29 is 9.47 Å². The first kappa shape index (κ1) is 13.5. The highest BCUT2D eigenvalue weighted by Crippen LogP contribution is 2.35. The molecule has 0 aromatic carbocycles. The highest BCUT2D eigenvalue weighted by molar-refractivity contribution is 5.08. The topological polar surface area (TPSA) is 62.3 Å². The van der Waals surface area contributed by atoms with Crippen molar-refractivity contribution in [1.29, 1.82) is 0 Å². The maximum absolute atomic E-state index is 6.43. The maximum atomic E-state index is 6.43. The van der Waals surface area contributed by atoms with Crippen LogP contribution in [0.2, 0.25) is 0 Å². The Bertz CT molecular complexity index is 372. The van der Waals surface area contributed by atoms with Gasteiger partial charge >= 0.3 is 0 Å². The number of methoxy groups -OCH3 is 1. The van der Waals surface area contributed by atoms with Crippen LogP contribution in [0.4, 0.5) is 0 Å². The van der Waals surface area contributed by atoms with Crippen molar-refractivity contribution in [1.82, 2.24) is 9.55 Å². The Kier molecular flexibility index (Phi) is 4.37. The van der Waals surface area contributed by atoms with Crippen molar-refractivity contribution in [2.45, 2.75) is 44.4 Å². The van der Waals surface area contributed by atoms with Crippen LogP contribution in [0, 0.1) is 0 Å². The molecule has 102 valence electrons. The van der Waals surface area contributed by atoms with Gasteiger partial charge in [-0.3, -0.25) is 0 Å². The average molecular weight is 253 g/mol. The van der Waals surface area contributed by atoms with Gasteiger partial charge in [-0.25, -0.2) is 4.98 Å². The summed E-state index contributed by atoms with van der Waals surface area (Å²) in [5, 5.41) is 0. The molecular weight excluding hydrogens is 230 g/mol. The summed E-state index contributed by atoms with van der Waals surface area (Å²) >= 11 is 0. The van der Waals surface area contributed by atoms with Crippen molar-refractivity contribution in [3.05, 3.63) is 18.2 Å². The Balaban J connectivity index is 2.22. The minimum Gasteiger partial charge on any atom is -0.381 e. The first-order valence-corrected chi connectivity index (χ1v) is 6.63. The van der Waals surface area contributed by atoms with E-state index in [4.69, 9.17) is 15.2 Å². The van der Waals surface area contributed by atoms with E-state index < -0.39 is 0 Å². The zero-order valence-corrected chi connectivity index (χ0v) is 11.3. The lowest BCUT2D eigenvalue weighted by Gasteiger charge is -2.40. The molecule has 1 aliphatic rings. The van der Waals surface area contributed by atoms with Crippen molar-refractivity contribution in [2.75, 3.05) is 20.3 Å². The molecule has 1 saturated heterocycles. The molecule has 5 nitrogen and oxygen atoms in total. The summed E-state index contributed by atoms with van der Waals surface area (Å²) in [4.78, 5) is 4.42. The number of aromatic nitrogens is 2. The van der Waals surface area contributed by atoms with Gasteiger partial charge in [-0.05, 0) is 6.42 Å². The van der Waals surface area contributed by atoms with Crippen LogP contribution in [-0.2, 0) is 16.0 Å². The molecule has 1 aromatic rings. The molecule has 1 aliphatic heterocycles. The molecule has 1 unspecified atom stereocenters. The fraction of sp³-hybridized carbons (Fsp3) is 0.769. The highest BCUT2D eigenvalue weighted by atomic mass is 16.5. The summed E-state index contributed by atoms with van der Waals surface area (Å²) < 4.78 is 13.3. The Labute approximate surface area is 108 Å². The molecule has 0 aliphatic carbocycles. The minimum atomic E-state index is -0.338. The van der Waals surface area contributed by atoms with Gasteiger partial charge in [0.1, 0.15) is 5.82 Å². The van der Waals surface area contributed by atoms with Gasteiger partial charge in [0.25, 0.3) is 0 Å². The van der Waals surface area contributed by atoms with E-state index in [1.165, 1.54) is 0 Å². The van der Waals surface area contributed by atoms with Crippen molar-refractivity contribution in [3.8, 4) is 0 Å². The van der Waals surface area contributed by atoms with Crippen LogP contribution in [0.3, 0.4) is 0 Å². The van der Waals surface area contributed by atoms with Gasteiger partial charge in [-0.2, -0.15) is 0 Å². The van der Waals surface area contributed by atoms with Crippen LogP contribution >= 0.6 is 0 Å². The highest BCUT2D eigenvalue weighted by Gasteiger charge is 2.41. The molecule has 1 aromatic heterocycles. The van der Waals surface area contributed by atoms with Crippen LogP contribution in [-0.4, -0.2) is 35.5 Å². The van der Waals surface area contributed by atoms with E-state index in [0.717, 1.165) is 31.6 Å². The zero-order valence-electron chi connectivity index (χ0n) is 11.3. The Morgan fingerprint density at radius 3 is 2.89 bits per heavy atom. The Morgan fingerprint density at radius 2 is 2.28 bits per heavy atom. The first-order chi connectivity index (χ1) is 8.73. The van der Waals surface area contributed by atoms with E-state index in [1.807, 2.05) is 12.4 Å². The van der Waals surface area contributed by atoms with E-state index in [1.54, 1.807) is 7.11 Å². The maximum Gasteiger partial charge on any atom is 0.128 e. The van der Waals surface area contributed by atoms with Crippen LogP contribution < -0.4 is 5.73 Å². The Morgan fingerprint density at radius 1 is 1.56 bits per heavy atom. The van der Waals surface area contributed by atoms with E-state index >= 15 is 0 Å². The predicted molar refractivity (Wildman–Crippen MR) is 69.2 cm³/mol. The molecule has 1 atom stereocenters. The Hall–Kier alpha value is -0.910. The minimum absolute atomic E-state index is 0.201. The summed E-state index contributed by atoms with van der Waals surface area (Å²) in [6, 6.07) is -0.201. The smallest absolute Gasteiger partial charge is 0.128 e. The molecule has 5 heteroatoms. The van der Waals surface area contributed by atoms with Gasteiger partial charge in [0.05, 0.1) is 11.6 Å². The second-order valence-electron chi connectivity index (χ2n) is 4.84. The number of imidazole rings is 1. The second-order valence-corrected chi connectivity index (χ2v) is 4.84. The summed E-state index contributed by atoms with van der Waals surface area (Å²) in [7, 11) is 1.73. The lowest BCUT2D eigenvalue weighted by atomic mass is 9.86. The van der Waals surface area contributed by atoms with E-state index in [9.17, 15) is 0 Å². The fourth-order valence-corrected chi connectivity index (χ4v) is 2.62. The van der Waals surface area contributed by atoms with Crippen LogP contribution in [0.5, 0.6) is 0 Å². The van der Waals surface area contributed by atoms with Crippen molar-refractivity contribution in [3.63, 3.8) is 0 Å². The van der Waals surface area contributed by atoms with E-state index in [-0.39, 0.29) is 11.6 Å². The van der Waals surface area contributed by atoms with Gasteiger partial charge < -0.3 is 19.8 Å². The molecule has 2 N–H and O–H groups in total. The largest absolute Gasteiger partial charge is 0.381 e. The molecule has 0 bridgehead atoms. The van der Waals surface area contributed by atoms with Crippen molar-refractivity contribution in [2.24, 2.45) is 5.73 Å². The van der Waals surface area contributed by atoms with Gasteiger partial charge in [-0.15, -0.1) is 0 Å². The molecular formula is C13H23N3O2. The molecule has 0 amide bonds. The lowest BCUT2D eigenvalue weighted by Crippen LogP contribution is -2.48. The standard InChI is InChI=1S/C13H23N3O2/c1-3-7-16-8-6-15-12(16)11(14)13(17-2)4-9-18-10-5-13/h6,8,11H,3-5,7,9-10,14H2,1-2H3. The number of hydrogen-bond acceptors (Lipinski definition) is 4. The third-order valence-corrected chi connectivity index (χ3v) is 3.80. The fourth-order valence-electron chi connectivity index (χ4n) is 2.62. The van der Waals surface area contributed by atoms with Crippen molar-refractivity contribution >= 4 is 0 Å². The zero-order chi connectivity index (χ0) is 13.0. The number of aryl methyl sites for hydroxylation is 1. The molecule has 2 rings (SSSR count). The molecule has 2 heterocycles. The third-order valence-electron chi connectivity index (χ3n) is 3.80. The number of nitrogens with zero attached hydrogens (tertiary/aromatic N) is 2. The SMILES string of the molecule is CCCn1ccnc1C(N)C1(OC)CCOCC1. The van der Waals surface area contributed by atoms with Crippen LogP contribution in [0.1, 0.15) is 38.1 Å². The molecule has 18 heavy (non-hydrogen) atoms. The van der Waals surface area contributed by atoms with Crippen LogP contribution in [0.25, 0.3) is 0 Å². The number of nitrogens with two attached hydrogens (primary N) is 1. The van der Waals surface area contributed by atoms with E-state index in [0.29, 0.717) is 13.2 Å². The number of rotatable bonds is 5. The molecule has 0 saturated carbocycles. The molecule has 0 spiro atoms. The van der Waals surface area contributed by atoms with Crippen LogP contribution in [0.15, 0.2) is 12.4 Å². The molecule has 1 fully saturated rings. The third kappa shape index (κ3) is 2.43. The first-order valence-electron chi connectivity index (χ1n) is 6.63. The van der Waals surface area contributed by atoms with Gasteiger partial charge in [0.15, 0.2) is 0 Å². The average Bonchev–Trinajstić information content (AvgIpc) is 2.87.